The Bertz CT molecular complexity index is 573. The second-order valence-electron chi connectivity index (χ2n) is 9.89. The molecule has 0 aromatic carbocycles. The molecule has 148 valence electrons. The van der Waals surface area contributed by atoms with Gasteiger partial charge in [-0.3, -0.25) is 0 Å². The molecule has 4 aliphatic rings. The highest BCUT2D eigenvalue weighted by atomic mass is 15.1. The van der Waals surface area contributed by atoms with Gasteiger partial charge in [0, 0.05) is 6.04 Å². The van der Waals surface area contributed by atoms with Crippen molar-refractivity contribution >= 4 is 0 Å². The molecule has 0 spiro atoms. The van der Waals surface area contributed by atoms with Crippen LogP contribution < -0.4 is 0 Å². The SMILES string of the molecule is CC.CCN(C)C1CCC2C3CC=C4C=C(C)CCC4(C)C3CCC21C. The molecule has 0 aromatic heterocycles. The van der Waals surface area contributed by atoms with Gasteiger partial charge in [0.2, 0.25) is 0 Å². The molecule has 0 heterocycles. The van der Waals surface area contributed by atoms with Crippen LogP contribution in [-0.2, 0) is 0 Å². The molecular formula is C25H43N. The lowest BCUT2D eigenvalue weighted by Gasteiger charge is -2.57. The standard InChI is InChI=1S/C23H37N.C2H6/c1-6-24(5)21-10-9-19-18-8-7-17-15-16(2)11-13-22(17,3)20(18)12-14-23(19,21)4;1-2/h7,15,18-21H,6,8-14H2,1-5H3;1-2H3. The Morgan fingerprint density at radius 1 is 1.08 bits per heavy atom. The fourth-order valence-electron chi connectivity index (χ4n) is 7.38. The molecule has 1 nitrogen and oxygen atoms in total. The van der Waals surface area contributed by atoms with Crippen LogP contribution in [0, 0.1) is 28.6 Å². The first-order valence-electron chi connectivity index (χ1n) is 11.5. The van der Waals surface area contributed by atoms with Crippen molar-refractivity contribution < 1.29 is 0 Å². The first-order valence-corrected chi connectivity index (χ1v) is 11.5. The second-order valence-corrected chi connectivity index (χ2v) is 9.89. The lowest BCUT2D eigenvalue weighted by atomic mass is 9.48. The van der Waals surface area contributed by atoms with Crippen molar-refractivity contribution in [3.63, 3.8) is 0 Å². The Labute approximate surface area is 163 Å². The summed E-state index contributed by atoms with van der Waals surface area (Å²) >= 11 is 0. The summed E-state index contributed by atoms with van der Waals surface area (Å²) in [6.45, 7) is 15.1. The third kappa shape index (κ3) is 2.93. The quantitative estimate of drug-likeness (QED) is 0.522. The number of allylic oxidation sites excluding steroid dienone is 4. The Morgan fingerprint density at radius 2 is 1.81 bits per heavy atom. The molecule has 4 rings (SSSR count). The van der Waals surface area contributed by atoms with Gasteiger partial charge in [-0.1, -0.05) is 52.3 Å². The van der Waals surface area contributed by atoms with Gasteiger partial charge in [-0.05, 0) is 99.6 Å². The van der Waals surface area contributed by atoms with E-state index in [2.05, 4.69) is 51.8 Å². The molecule has 0 bridgehead atoms. The Morgan fingerprint density at radius 3 is 2.50 bits per heavy atom. The zero-order valence-corrected chi connectivity index (χ0v) is 18.6. The topological polar surface area (TPSA) is 3.24 Å². The normalized spacial score (nSPS) is 44.2. The maximum Gasteiger partial charge on any atom is 0.0149 e. The Balaban J connectivity index is 0.000000948. The van der Waals surface area contributed by atoms with Gasteiger partial charge in [-0.25, -0.2) is 0 Å². The summed E-state index contributed by atoms with van der Waals surface area (Å²) in [5.41, 5.74) is 4.33. The highest BCUT2D eigenvalue weighted by Gasteiger charge is 2.58. The van der Waals surface area contributed by atoms with E-state index in [1.807, 2.05) is 13.8 Å². The van der Waals surface area contributed by atoms with Crippen molar-refractivity contribution in [2.45, 2.75) is 92.5 Å². The van der Waals surface area contributed by atoms with E-state index >= 15 is 0 Å². The van der Waals surface area contributed by atoms with Gasteiger partial charge in [0.15, 0.2) is 0 Å². The number of rotatable bonds is 2. The number of fused-ring (bicyclic) bond motifs is 5. The smallest absolute Gasteiger partial charge is 0.0149 e. The van der Waals surface area contributed by atoms with E-state index in [0.717, 1.165) is 23.8 Å². The highest BCUT2D eigenvalue weighted by Crippen LogP contribution is 2.65. The van der Waals surface area contributed by atoms with Crippen LogP contribution in [-0.4, -0.2) is 24.5 Å². The summed E-state index contributed by atoms with van der Waals surface area (Å²) in [6.07, 6.45) is 15.1. The molecule has 0 aromatic rings. The van der Waals surface area contributed by atoms with Crippen molar-refractivity contribution in [3.05, 3.63) is 23.3 Å². The lowest BCUT2D eigenvalue weighted by Crippen LogP contribution is -2.52. The summed E-state index contributed by atoms with van der Waals surface area (Å²) in [4.78, 5) is 2.65. The maximum atomic E-state index is 2.65. The monoisotopic (exact) mass is 357 g/mol. The van der Waals surface area contributed by atoms with Crippen molar-refractivity contribution in [1.29, 1.82) is 0 Å². The molecule has 6 atom stereocenters. The van der Waals surface area contributed by atoms with E-state index in [-0.39, 0.29) is 0 Å². The highest BCUT2D eigenvalue weighted by molar-refractivity contribution is 5.36. The van der Waals surface area contributed by atoms with Crippen LogP contribution in [0.25, 0.3) is 0 Å². The van der Waals surface area contributed by atoms with Crippen molar-refractivity contribution in [3.8, 4) is 0 Å². The molecule has 0 aliphatic heterocycles. The number of hydrogen-bond donors (Lipinski definition) is 0. The minimum atomic E-state index is 0.471. The van der Waals surface area contributed by atoms with Gasteiger partial charge < -0.3 is 4.90 Å². The summed E-state index contributed by atoms with van der Waals surface area (Å²) in [5.74, 6) is 2.84. The Kier molecular flexibility index (Phi) is 5.79. The minimum Gasteiger partial charge on any atom is -0.303 e. The Hall–Kier alpha value is -0.560. The zero-order chi connectivity index (χ0) is 19.1. The first-order chi connectivity index (χ1) is 12.4. The van der Waals surface area contributed by atoms with Gasteiger partial charge >= 0.3 is 0 Å². The molecule has 6 unspecified atom stereocenters. The van der Waals surface area contributed by atoms with Crippen LogP contribution in [0.5, 0.6) is 0 Å². The molecule has 0 N–H and O–H groups in total. The third-order valence-corrected chi connectivity index (χ3v) is 8.95. The van der Waals surface area contributed by atoms with E-state index in [1.54, 1.807) is 11.1 Å². The molecule has 1 heteroatoms. The second kappa shape index (κ2) is 7.46. The maximum absolute atomic E-state index is 2.65. The summed E-state index contributed by atoms with van der Waals surface area (Å²) in [7, 11) is 2.36. The van der Waals surface area contributed by atoms with Crippen LogP contribution in [0.2, 0.25) is 0 Å². The molecule has 0 amide bonds. The fourth-order valence-corrected chi connectivity index (χ4v) is 7.38. The van der Waals surface area contributed by atoms with E-state index in [4.69, 9.17) is 0 Å². The molecule has 0 radical (unpaired) electrons. The number of nitrogens with zero attached hydrogens (tertiary/aromatic N) is 1. The first kappa shape index (κ1) is 20.2. The van der Waals surface area contributed by atoms with Crippen LogP contribution in [0.15, 0.2) is 23.3 Å². The molecule has 2 saturated carbocycles. The van der Waals surface area contributed by atoms with Gasteiger partial charge in [-0.2, -0.15) is 0 Å². The van der Waals surface area contributed by atoms with E-state index in [9.17, 15) is 0 Å². The molecule has 26 heavy (non-hydrogen) atoms. The van der Waals surface area contributed by atoms with Gasteiger partial charge in [-0.15, -0.1) is 0 Å². The molecule has 2 fully saturated rings. The van der Waals surface area contributed by atoms with Crippen LogP contribution in [0.3, 0.4) is 0 Å². The van der Waals surface area contributed by atoms with E-state index in [0.29, 0.717) is 10.8 Å². The van der Waals surface area contributed by atoms with Gasteiger partial charge in [0.1, 0.15) is 0 Å². The lowest BCUT2D eigenvalue weighted by molar-refractivity contribution is -0.0439. The van der Waals surface area contributed by atoms with E-state index < -0.39 is 0 Å². The van der Waals surface area contributed by atoms with Crippen molar-refractivity contribution in [2.75, 3.05) is 13.6 Å². The average molecular weight is 358 g/mol. The molecular weight excluding hydrogens is 314 g/mol. The van der Waals surface area contributed by atoms with Gasteiger partial charge in [0.25, 0.3) is 0 Å². The van der Waals surface area contributed by atoms with Crippen LogP contribution in [0.1, 0.15) is 86.5 Å². The summed E-state index contributed by atoms with van der Waals surface area (Å²) < 4.78 is 0. The number of hydrogen-bond acceptors (Lipinski definition) is 1. The van der Waals surface area contributed by atoms with Gasteiger partial charge in [0.05, 0.1) is 0 Å². The fraction of sp³-hybridized carbons (Fsp3) is 0.840. The summed E-state index contributed by atoms with van der Waals surface area (Å²) in [5, 5.41) is 0. The predicted molar refractivity (Wildman–Crippen MR) is 114 cm³/mol. The van der Waals surface area contributed by atoms with Crippen LogP contribution >= 0.6 is 0 Å². The predicted octanol–water partition coefficient (Wildman–Crippen LogP) is 6.85. The largest absolute Gasteiger partial charge is 0.303 e. The van der Waals surface area contributed by atoms with Crippen molar-refractivity contribution in [2.24, 2.45) is 28.6 Å². The van der Waals surface area contributed by atoms with E-state index in [1.165, 1.54) is 51.5 Å². The summed E-state index contributed by atoms with van der Waals surface area (Å²) in [6, 6.07) is 0.820. The van der Waals surface area contributed by atoms with Crippen molar-refractivity contribution in [1.82, 2.24) is 4.90 Å². The average Bonchev–Trinajstić information content (AvgIpc) is 3.00. The molecule has 0 saturated heterocycles. The minimum absolute atomic E-state index is 0.471. The third-order valence-electron chi connectivity index (χ3n) is 8.95. The van der Waals surface area contributed by atoms with Crippen LogP contribution in [0.4, 0.5) is 0 Å². The zero-order valence-electron chi connectivity index (χ0n) is 18.6. The molecule has 4 aliphatic carbocycles.